The first-order chi connectivity index (χ1) is 9.11. The lowest BCUT2D eigenvalue weighted by Gasteiger charge is -2.15. The van der Waals surface area contributed by atoms with Crippen LogP contribution in [-0.2, 0) is 13.1 Å². The Morgan fingerprint density at radius 1 is 1.32 bits per heavy atom. The van der Waals surface area contributed by atoms with Gasteiger partial charge in [-0.25, -0.2) is 13.8 Å². The average molecular weight is 265 g/mol. The van der Waals surface area contributed by atoms with E-state index >= 15 is 0 Å². The second-order valence-electron chi connectivity index (χ2n) is 4.45. The van der Waals surface area contributed by atoms with E-state index in [0.717, 1.165) is 23.9 Å². The molecule has 1 heterocycles. The molecule has 102 valence electrons. The Morgan fingerprint density at radius 3 is 2.79 bits per heavy atom. The van der Waals surface area contributed by atoms with Gasteiger partial charge in [-0.1, -0.05) is 6.07 Å². The van der Waals surface area contributed by atoms with Crippen LogP contribution in [0, 0.1) is 11.6 Å². The number of rotatable bonds is 5. The Balaban J connectivity index is 2.01. The number of hydrogen-bond acceptors (Lipinski definition) is 2. The number of imidazole rings is 1. The zero-order valence-electron chi connectivity index (χ0n) is 11.0. The van der Waals surface area contributed by atoms with E-state index in [1.807, 2.05) is 18.4 Å². The van der Waals surface area contributed by atoms with E-state index in [1.165, 1.54) is 6.07 Å². The van der Waals surface area contributed by atoms with Crippen molar-refractivity contribution in [1.29, 1.82) is 0 Å². The second-order valence-corrected chi connectivity index (χ2v) is 4.45. The number of hydrogen-bond donors (Lipinski definition) is 1. The molecule has 19 heavy (non-hydrogen) atoms. The van der Waals surface area contributed by atoms with E-state index in [0.29, 0.717) is 6.54 Å². The lowest BCUT2D eigenvalue weighted by atomic mass is 10.1. The van der Waals surface area contributed by atoms with Gasteiger partial charge in [-0.15, -0.1) is 0 Å². The highest BCUT2D eigenvalue weighted by atomic mass is 19.2. The quantitative estimate of drug-likeness (QED) is 0.900. The molecular formula is C14H17F2N3. The van der Waals surface area contributed by atoms with Crippen LogP contribution in [0.2, 0.25) is 0 Å². The predicted octanol–water partition coefficient (Wildman–Crippen LogP) is 3.03. The Hall–Kier alpha value is -1.75. The summed E-state index contributed by atoms with van der Waals surface area (Å²) in [5.41, 5.74) is 1.79. The van der Waals surface area contributed by atoms with Gasteiger partial charge in [-0.05, 0) is 31.5 Å². The van der Waals surface area contributed by atoms with Gasteiger partial charge in [0.1, 0.15) is 0 Å². The molecule has 0 aliphatic carbocycles. The standard InChI is InChI=1S/C14H17F2N3/c1-3-19-9-17-7-12(19)8-18-10(2)11-4-5-13(15)14(16)6-11/h4-7,9-10,18H,3,8H2,1-2H3. The maximum Gasteiger partial charge on any atom is 0.159 e. The molecule has 0 amide bonds. The highest BCUT2D eigenvalue weighted by Gasteiger charge is 2.09. The molecule has 1 N–H and O–H groups in total. The van der Waals surface area contributed by atoms with E-state index in [4.69, 9.17) is 0 Å². The molecule has 2 rings (SSSR count). The fraction of sp³-hybridized carbons (Fsp3) is 0.357. The monoisotopic (exact) mass is 265 g/mol. The van der Waals surface area contributed by atoms with Crippen LogP contribution < -0.4 is 5.32 Å². The van der Waals surface area contributed by atoms with Crippen molar-refractivity contribution in [2.45, 2.75) is 33.0 Å². The maximum atomic E-state index is 13.2. The summed E-state index contributed by atoms with van der Waals surface area (Å²) in [6.45, 7) is 5.45. The van der Waals surface area contributed by atoms with Crippen molar-refractivity contribution in [2.24, 2.45) is 0 Å². The molecule has 1 aromatic heterocycles. The summed E-state index contributed by atoms with van der Waals surface area (Å²) in [6.07, 6.45) is 3.58. The van der Waals surface area contributed by atoms with Crippen LogP contribution in [0.3, 0.4) is 0 Å². The number of benzene rings is 1. The number of nitrogens with one attached hydrogen (secondary N) is 1. The Kier molecular flexibility index (Phi) is 4.27. The SMILES string of the molecule is CCn1cncc1CNC(C)c1ccc(F)c(F)c1. The van der Waals surface area contributed by atoms with Crippen LogP contribution >= 0.6 is 0 Å². The van der Waals surface area contributed by atoms with E-state index in [1.54, 1.807) is 18.6 Å². The van der Waals surface area contributed by atoms with Crippen molar-refractivity contribution in [2.75, 3.05) is 0 Å². The zero-order valence-corrected chi connectivity index (χ0v) is 11.0. The van der Waals surface area contributed by atoms with Crippen LogP contribution in [0.25, 0.3) is 0 Å². The summed E-state index contributed by atoms with van der Waals surface area (Å²) < 4.78 is 28.1. The molecular weight excluding hydrogens is 248 g/mol. The van der Waals surface area contributed by atoms with Crippen LogP contribution in [0.5, 0.6) is 0 Å². The van der Waals surface area contributed by atoms with Crippen LogP contribution in [0.15, 0.2) is 30.7 Å². The third-order valence-electron chi connectivity index (χ3n) is 3.17. The molecule has 3 nitrogen and oxygen atoms in total. The van der Waals surface area contributed by atoms with Crippen LogP contribution in [-0.4, -0.2) is 9.55 Å². The van der Waals surface area contributed by atoms with Gasteiger partial charge in [-0.3, -0.25) is 0 Å². The molecule has 0 saturated heterocycles. The number of halogens is 2. The van der Waals surface area contributed by atoms with Crippen molar-refractivity contribution < 1.29 is 8.78 Å². The Bertz CT molecular complexity index is 551. The second kappa shape index (κ2) is 5.93. The van der Waals surface area contributed by atoms with Gasteiger partial charge in [0, 0.05) is 25.3 Å². The van der Waals surface area contributed by atoms with E-state index in [-0.39, 0.29) is 6.04 Å². The zero-order chi connectivity index (χ0) is 13.8. The van der Waals surface area contributed by atoms with Crippen LogP contribution in [0.4, 0.5) is 8.78 Å². The minimum absolute atomic E-state index is 0.0599. The topological polar surface area (TPSA) is 29.9 Å². The summed E-state index contributed by atoms with van der Waals surface area (Å²) in [6, 6.07) is 3.91. The lowest BCUT2D eigenvalue weighted by molar-refractivity contribution is 0.499. The Morgan fingerprint density at radius 2 is 2.11 bits per heavy atom. The molecule has 0 spiro atoms. The smallest absolute Gasteiger partial charge is 0.159 e. The largest absolute Gasteiger partial charge is 0.334 e. The van der Waals surface area contributed by atoms with Gasteiger partial charge in [0.2, 0.25) is 0 Å². The summed E-state index contributed by atoms with van der Waals surface area (Å²) >= 11 is 0. The summed E-state index contributed by atoms with van der Waals surface area (Å²) in [7, 11) is 0. The van der Waals surface area contributed by atoms with E-state index in [9.17, 15) is 8.78 Å². The third kappa shape index (κ3) is 3.17. The lowest BCUT2D eigenvalue weighted by Crippen LogP contribution is -2.20. The van der Waals surface area contributed by atoms with Crippen molar-refractivity contribution in [3.05, 3.63) is 53.6 Å². The van der Waals surface area contributed by atoms with Gasteiger partial charge in [0.05, 0.1) is 12.0 Å². The molecule has 0 radical (unpaired) electrons. The van der Waals surface area contributed by atoms with Crippen molar-refractivity contribution in [3.8, 4) is 0 Å². The molecule has 0 bridgehead atoms. The highest BCUT2D eigenvalue weighted by molar-refractivity contribution is 5.20. The molecule has 2 aromatic rings. The summed E-state index contributed by atoms with van der Waals surface area (Å²) in [5.74, 6) is -1.63. The molecule has 5 heteroatoms. The normalized spacial score (nSPS) is 12.6. The van der Waals surface area contributed by atoms with Gasteiger partial charge in [0.15, 0.2) is 11.6 Å². The third-order valence-corrected chi connectivity index (χ3v) is 3.17. The number of aryl methyl sites for hydroxylation is 1. The molecule has 1 aromatic carbocycles. The van der Waals surface area contributed by atoms with Crippen molar-refractivity contribution >= 4 is 0 Å². The summed E-state index contributed by atoms with van der Waals surface area (Å²) in [4.78, 5) is 4.08. The fourth-order valence-electron chi connectivity index (χ4n) is 1.94. The maximum absolute atomic E-state index is 13.2. The molecule has 0 aliphatic rings. The first-order valence-electron chi connectivity index (χ1n) is 6.29. The highest BCUT2D eigenvalue weighted by Crippen LogP contribution is 2.16. The molecule has 0 saturated carbocycles. The molecule has 1 unspecified atom stereocenters. The fourth-order valence-corrected chi connectivity index (χ4v) is 1.94. The van der Waals surface area contributed by atoms with E-state index < -0.39 is 11.6 Å². The van der Waals surface area contributed by atoms with Crippen LogP contribution in [0.1, 0.15) is 31.1 Å². The van der Waals surface area contributed by atoms with Gasteiger partial charge < -0.3 is 9.88 Å². The molecule has 1 atom stereocenters. The number of nitrogens with zero attached hydrogens (tertiary/aromatic N) is 2. The van der Waals surface area contributed by atoms with E-state index in [2.05, 4.69) is 10.3 Å². The molecule has 0 aliphatic heterocycles. The summed E-state index contributed by atoms with van der Waals surface area (Å²) in [5, 5.41) is 3.27. The Labute approximate surface area is 111 Å². The van der Waals surface area contributed by atoms with Gasteiger partial charge in [-0.2, -0.15) is 0 Å². The molecule has 0 fully saturated rings. The first kappa shape index (κ1) is 13.7. The first-order valence-corrected chi connectivity index (χ1v) is 6.29. The minimum Gasteiger partial charge on any atom is -0.334 e. The van der Waals surface area contributed by atoms with Crippen molar-refractivity contribution in [1.82, 2.24) is 14.9 Å². The van der Waals surface area contributed by atoms with Gasteiger partial charge >= 0.3 is 0 Å². The minimum atomic E-state index is -0.819. The predicted molar refractivity (Wildman–Crippen MR) is 69.5 cm³/mol. The number of aromatic nitrogens is 2. The average Bonchev–Trinajstić information content (AvgIpc) is 2.86. The van der Waals surface area contributed by atoms with Gasteiger partial charge in [0.25, 0.3) is 0 Å². The van der Waals surface area contributed by atoms with Crippen molar-refractivity contribution in [3.63, 3.8) is 0 Å².